The lowest BCUT2D eigenvalue weighted by Crippen LogP contribution is -2.18. The zero-order chi connectivity index (χ0) is 12.3. The van der Waals surface area contributed by atoms with Crippen LogP contribution in [-0.2, 0) is 32.3 Å². The average Bonchev–Trinajstić information content (AvgIpc) is 2.82. The number of phosphoric acid groups is 1. The molecule has 0 aromatic rings. The molecule has 2 atom stereocenters. The van der Waals surface area contributed by atoms with Crippen molar-refractivity contribution in [2.75, 3.05) is 13.2 Å². The summed E-state index contributed by atoms with van der Waals surface area (Å²) in [6.07, 6.45) is -3.04. The molecule has 2 unspecified atom stereocenters. The lowest BCUT2D eigenvalue weighted by molar-refractivity contribution is -0.0999. The quantitative estimate of drug-likeness (QED) is 0.430. The van der Waals surface area contributed by atoms with Crippen LogP contribution in [0.1, 0.15) is 0 Å². The Morgan fingerprint density at radius 3 is 2.59 bits per heavy atom. The second-order valence-electron chi connectivity index (χ2n) is 2.83. The smallest absolute Gasteiger partial charge is 0.453 e. The molecule has 0 radical (unpaired) electrons. The Labute approximate surface area is 94.8 Å². The Kier molecular flexibility index (Phi) is 3.51. The van der Waals surface area contributed by atoms with Crippen LogP contribution in [0.25, 0.3) is 0 Å². The van der Waals surface area contributed by atoms with E-state index in [2.05, 4.69) is 27.8 Å². The summed E-state index contributed by atoms with van der Waals surface area (Å²) < 4.78 is 51.0. The van der Waals surface area contributed by atoms with Crippen molar-refractivity contribution in [3.8, 4) is 0 Å². The van der Waals surface area contributed by atoms with Crippen LogP contribution in [0.4, 0.5) is 9.18 Å². The van der Waals surface area contributed by atoms with E-state index in [4.69, 9.17) is 0 Å². The van der Waals surface area contributed by atoms with Gasteiger partial charge in [0.2, 0.25) is 0 Å². The third kappa shape index (κ3) is 3.09. The van der Waals surface area contributed by atoms with E-state index < -0.39 is 26.6 Å². The van der Waals surface area contributed by atoms with E-state index in [9.17, 15) is 13.8 Å². The minimum atomic E-state index is -3.56. The number of hydrogen-bond donors (Lipinski definition) is 0. The number of alkyl halides is 1. The van der Waals surface area contributed by atoms with Gasteiger partial charge in [0, 0.05) is 0 Å². The molecule has 0 aliphatic carbocycles. The molecule has 0 aromatic heterocycles. The molecule has 0 saturated carbocycles. The monoisotopic (exact) mass is 270 g/mol. The first-order valence-electron chi connectivity index (χ1n) is 4.48. The summed E-state index contributed by atoms with van der Waals surface area (Å²) >= 11 is 0. The molecule has 96 valence electrons. The predicted molar refractivity (Wildman–Crippen MR) is 47.1 cm³/mol. The van der Waals surface area contributed by atoms with E-state index in [0.29, 0.717) is 0 Å². The van der Waals surface area contributed by atoms with Gasteiger partial charge in [0.15, 0.2) is 0 Å². The number of phosphoric ester groups is 1. The van der Waals surface area contributed by atoms with E-state index in [-0.39, 0.29) is 13.2 Å². The molecule has 2 saturated heterocycles. The van der Waals surface area contributed by atoms with Crippen LogP contribution in [0.5, 0.6) is 0 Å². The largest absolute Gasteiger partial charge is 0.529 e. The fourth-order valence-corrected chi connectivity index (χ4v) is 2.01. The minimum absolute atomic E-state index is 0.159. The molecule has 10 heteroatoms. The molecule has 8 nitrogen and oxygen atoms in total. The number of carbonyl (C=O) groups excluding carboxylic acids is 1. The Balaban J connectivity index is 1.74. The Morgan fingerprint density at radius 1 is 1.29 bits per heavy atom. The SMILES string of the molecule is O=C1OC(F)C(O/C=C/OP2(=O)OCCO2)O1. The summed E-state index contributed by atoms with van der Waals surface area (Å²) in [5, 5.41) is 0. The highest BCUT2D eigenvalue weighted by Gasteiger charge is 2.38. The molecule has 2 rings (SSSR count). The summed E-state index contributed by atoms with van der Waals surface area (Å²) in [5.41, 5.74) is 0. The third-order valence-corrected chi connectivity index (χ3v) is 3.05. The molecule has 0 bridgehead atoms. The van der Waals surface area contributed by atoms with Crippen molar-refractivity contribution in [2.45, 2.75) is 12.6 Å². The molecule has 2 fully saturated rings. The summed E-state index contributed by atoms with van der Waals surface area (Å²) in [7, 11) is -3.56. The number of carbonyl (C=O) groups is 1. The second-order valence-corrected chi connectivity index (χ2v) is 4.45. The van der Waals surface area contributed by atoms with Crippen LogP contribution >= 0.6 is 7.82 Å². The average molecular weight is 270 g/mol. The maximum absolute atomic E-state index is 12.8. The van der Waals surface area contributed by atoms with Gasteiger partial charge in [-0.05, 0) is 0 Å². The fourth-order valence-electron chi connectivity index (χ4n) is 1.02. The maximum Gasteiger partial charge on any atom is 0.529 e. The van der Waals surface area contributed by atoms with E-state index in [1.165, 1.54) is 0 Å². The Bertz CT molecular complexity index is 361. The molecule has 0 aromatic carbocycles. The van der Waals surface area contributed by atoms with E-state index in [0.717, 1.165) is 12.5 Å². The van der Waals surface area contributed by atoms with Crippen molar-refractivity contribution >= 4 is 14.0 Å². The van der Waals surface area contributed by atoms with Crippen LogP contribution in [0, 0.1) is 0 Å². The van der Waals surface area contributed by atoms with E-state index >= 15 is 0 Å². The number of cyclic esters (lactones) is 2. The second kappa shape index (κ2) is 4.91. The van der Waals surface area contributed by atoms with Crippen LogP contribution in [0.15, 0.2) is 12.5 Å². The van der Waals surface area contributed by atoms with Crippen molar-refractivity contribution in [2.24, 2.45) is 0 Å². The van der Waals surface area contributed by atoms with E-state index in [1.54, 1.807) is 0 Å². The Hall–Kier alpha value is -1.31. The van der Waals surface area contributed by atoms with Gasteiger partial charge in [-0.1, -0.05) is 0 Å². The Morgan fingerprint density at radius 2 is 2.00 bits per heavy atom. The van der Waals surface area contributed by atoms with Crippen molar-refractivity contribution in [1.29, 1.82) is 0 Å². The summed E-state index contributed by atoms with van der Waals surface area (Å²) in [6, 6.07) is 0. The first-order chi connectivity index (χ1) is 8.09. The van der Waals surface area contributed by atoms with Crippen molar-refractivity contribution in [3.63, 3.8) is 0 Å². The third-order valence-electron chi connectivity index (χ3n) is 1.68. The van der Waals surface area contributed by atoms with Crippen LogP contribution in [-0.4, -0.2) is 32.0 Å². The van der Waals surface area contributed by atoms with Gasteiger partial charge in [0.25, 0.3) is 0 Å². The molecule has 0 N–H and O–H groups in total. The molecule has 2 heterocycles. The predicted octanol–water partition coefficient (Wildman–Crippen LogP) is 1.43. The van der Waals surface area contributed by atoms with Crippen molar-refractivity contribution < 1.29 is 41.5 Å². The summed E-state index contributed by atoms with van der Waals surface area (Å²) in [4.78, 5) is 10.5. The fraction of sp³-hybridized carbons (Fsp3) is 0.571. The maximum atomic E-state index is 12.8. The molecule has 0 spiro atoms. The number of hydrogen-bond acceptors (Lipinski definition) is 8. The molecule has 2 aliphatic heterocycles. The molecular weight excluding hydrogens is 262 g/mol. The lowest BCUT2D eigenvalue weighted by Gasteiger charge is -2.08. The molecular formula is C7H8FO8P. The standard InChI is InChI=1S/C7H8FO8P/c8-5-6(16-7(9)15-5)11-1-2-12-17(10)13-3-4-14-17/h1-2,5-6H,3-4H2/b2-1+. The van der Waals surface area contributed by atoms with Crippen LogP contribution in [0.2, 0.25) is 0 Å². The number of halogens is 1. The van der Waals surface area contributed by atoms with Gasteiger partial charge >= 0.3 is 26.6 Å². The van der Waals surface area contributed by atoms with Gasteiger partial charge in [0.05, 0.1) is 13.2 Å². The normalized spacial score (nSPS) is 31.2. The number of ether oxygens (including phenoxy) is 3. The zero-order valence-electron chi connectivity index (χ0n) is 8.31. The lowest BCUT2D eigenvalue weighted by atomic mass is 10.6. The van der Waals surface area contributed by atoms with Crippen LogP contribution < -0.4 is 0 Å². The summed E-state index contributed by atoms with van der Waals surface area (Å²) in [5.74, 6) is 0. The summed E-state index contributed by atoms with van der Waals surface area (Å²) in [6.45, 7) is 0.319. The van der Waals surface area contributed by atoms with Crippen molar-refractivity contribution in [1.82, 2.24) is 0 Å². The van der Waals surface area contributed by atoms with Gasteiger partial charge in [-0.2, -0.15) is 4.39 Å². The first kappa shape index (κ1) is 12.2. The van der Waals surface area contributed by atoms with Gasteiger partial charge in [-0.15, -0.1) is 0 Å². The van der Waals surface area contributed by atoms with Crippen LogP contribution in [0.3, 0.4) is 0 Å². The molecule has 2 aliphatic rings. The van der Waals surface area contributed by atoms with Gasteiger partial charge in [0.1, 0.15) is 12.5 Å². The molecule has 0 amide bonds. The minimum Gasteiger partial charge on any atom is -0.453 e. The number of rotatable bonds is 4. The van der Waals surface area contributed by atoms with Gasteiger partial charge in [-0.3, -0.25) is 9.05 Å². The van der Waals surface area contributed by atoms with E-state index in [1.807, 2.05) is 0 Å². The topological polar surface area (TPSA) is 89.5 Å². The molecule has 17 heavy (non-hydrogen) atoms. The highest BCUT2D eigenvalue weighted by Crippen LogP contribution is 2.52. The highest BCUT2D eigenvalue weighted by molar-refractivity contribution is 7.48. The van der Waals surface area contributed by atoms with Crippen molar-refractivity contribution in [3.05, 3.63) is 12.5 Å². The zero-order valence-corrected chi connectivity index (χ0v) is 9.21. The van der Waals surface area contributed by atoms with Gasteiger partial charge in [-0.25, -0.2) is 9.36 Å². The highest BCUT2D eigenvalue weighted by atomic mass is 31.2. The van der Waals surface area contributed by atoms with Gasteiger partial charge < -0.3 is 18.7 Å². The first-order valence-corrected chi connectivity index (χ1v) is 5.94.